The number of nitrogens with two attached hydrogens (primary N) is 2. The highest BCUT2D eigenvalue weighted by Crippen LogP contribution is 2.22. The molecule has 0 spiro atoms. The minimum Gasteiger partial charge on any atom is -0.384 e. The topological polar surface area (TPSA) is 125 Å². The van der Waals surface area contributed by atoms with Crippen molar-refractivity contribution < 1.29 is 9.59 Å². The molecule has 0 atom stereocenters. The fourth-order valence-corrected chi connectivity index (χ4v) is 3.63. The molecule has 0 radical (unpaired) electrons. The molecule has 0 saturated carbocycles. The number of hydrogen-bond donors (Lipinski definition) is 4. The molecule has 0 unspecified atom stereocenters. The van der Waals surface area contributed by atoms with Gasteiger partial charge in [0, 0.05) is 30.9 Å². The largest absolute Gasteiger partial charge is 0.384 e. The van der Waals surface area contributed by atoms with E-state index in [4.69, 9.17) is 16.9 Å². The molecule has 0 aromatic heterocycles. The second kappa shape index (κ2) is 11.2. The number of nitrogen functional groups attached to an aromatic ring is 1. The quantitative estimate of drug-likeness (QED) is 0.234. The molecule has 0 aliphatic rings. The van der Waals surface area contributed by atoms with Crippen LogP contribution in [0, 0.1) is 11.3 Å². The highest BCUT2D eigenvalue weighted by molar-refractivity contribution is 6.39. The lowest BCUT2D eigenvalue weighted by Crippen LogP contribution is -2.41. The summed E-state index contributed by atoms with van der Waals surface area (Å²) >= 11 is 0. The van der Waals surface area contributed by atoms with Crippen LogP contribution in [0.15, 0.2) is 72.8 Å². The molecule has 3 aromatic carbocycles. The number of anilines is 1. The van der Waals surface area contributed by atoms with Gasteiger partial charge in [-0.25, -0.2) is 0 Å². The molecule has 0 heterocycles. The first kappa shape index (κ1) is 24.7. The standard InChI is InChI=1S/C27H31N5O2/c1-18(2)16-32(17-20-4-3-5-23(14-20)25(29)30)27(34)26(33)31-24-12-10-22(11-13-24)21-8-6-19(15-28)7-9-21/h3-14,18H,15-17,28H2,1-2H3,(H3,29,30)(H,31,33). The van der Waals surface area contributed by atoms with E-state index in [0.717, 1.165) is 22.3 Å². The molecule has 3 rings (SSSR count). The Morgan fingerprint density at radius 2 is 1.56 bits per heavy atom. The second-order valence-electron chi connectivity index (χ2n) is 8.63. The van der Waals surface area contributed by atoms with Gasteiger partial charge in [0.05, 0.1) is 0 Å². The summed E-state index contributed by atoms with van der Waals surface area (Å²) in [5, 5.41) is 10.3. The molecule has 176 valence electrons. The zero-order chi connectivity index (χ0) is 24.7. The summed E-state index contributed by atoms with van der Waals surface area (Å²) in [6.07, 6.45) is 0. The van der Waals surface area contributed by atoms with E-state index in [0.29, 0.717) is 24.3 Å². The van der Waals surface area contributed by atoms with Crippen LogP contribution in [0.4, 0.5) is 5.69 Å². The van der Waals surface area contributed by atoms with E-state index in [1.165, 1.54) is 4.90 Å². The molecule has 7 heteroatoms. The van der Waals surface area contributed by atoms with E-state index < -0.39 is 11.8 Å². The number of carbonyl (C=O) groups is 2. The van der Waals surface area contributed by atoms with Crippen molar-refractivity contribution in [2.75, 3.05) is 11.9 Å². The Balaban J connectivity index is 1.70. The van der Waals surface area contributed by atoms with Crippen LogP contribution in [0.3, 0.4) is 0 Å². The number of benzene rings is 3. The predicted octanol–water partition coefficient (Wildman–Crippen LogP) is 3.72. The van der Waals surface area contributed by atoms with Gasteiger partial charge in [-0.15, -0.1) is 0 Å². The van der Waals surface area contributed by atoms with E-state index >= 15 is 0 Å². The average Bonchev–Trinajstić information content (AvgIpc) is 2.83. The average molecular weight is 458 g/mol. The molecule has 6 N–H and O–H groups in total. The van der Waals surface area contributed by atoms with Crippen LogP contribution in [0.2, 0.25) is 0 Å². The van der Waals surface area contributed by atoms with Crippen molar-refractivity contribution in [2.45, 2.75) is 26.9 Å². The van der Waals surface area contributed by atoms with Crippen LogP contribution in [0.1, 0.15) is 30.5 Å². The van der Waals surface area contributed by atoms with Gasteiger partial charge < -0.3 is 21.7 Å². The Bertz CT molecular complexity index is 1150. The lowest BCUT2D eigenvalue weighted by molar-refractivity contribution is -0.143. The molecule has 34 heavy (non-hydrogen) atoms. The molecule has 0 saturated heterocycles. The number of amidine groups is 1. The Hall–Kier alpha value is -3.97. The number of hydrogen-bond acceptors (Lipinski definition) is 4. The van der Waals surface area contributed by atoms with Gasteiger partial charge in [-0.1, -0.05) is 68.4 Å². The minimum atomic E-state index is -0.691. The molecular formula is C27H31N5O2. The summed E-state index contributed by atoms with van der Waals surface area (Å²) in [5.41, 5.74) is 16.3. The van der Waals surface area contributed by atoms with Gasteiger partial charge in [0.1, 0.15) is 5.84 Å². The molecule has 3 aromatic rings. The maximum atomic E-state index is 13.0. The summed E-state index contributed by atoms with van der Waals surface area (Å²) in [7, 11) is 0. The first-order valence-corrected chi connectivity index (χ1v) is 11.2. The van der Waals surface area contributed by atoms with Crippen LogP contribution < -0.4 is 16.8 Å². The van der Waals surface area contributed by atoms with E-state index in [2.05, 4.69) is 5.32 Å². The zero-order valence-electron chi connectivity index (χ0n) is 19.5. The van der Waals surface area contributed by atoms with Crippen LogP contribution in [0.5, 0.6) is 0 Å². The van der Waals surface area contributed by atoms with Gasteiger partial charge in [0.25, 0.3) is 0 Å². The van der Waals surface area contributed by atoms with Crippen molar-refractivity contribution in [2.24, 2.45) is 17.4 Å². The van der Waals surface area contributed by atoms with Crippen LogP contribution >= 0.6 is 0 Å². The number of nitrogens with one attached hydrogen (secondary N) is 2. The van der Waals surface area contributed by atoms with E-state index in [9.17, 15) is 9.59 Å². The Labute approximate surface area is 200 Å². The Morgan fingerprint density at radius 1 is 0.941 bits per heavy atom. The second-order valence-corrected chi connectivity index (χ2v) is 8.63. The first-order valence-electron chi connectivity index (χ1n) is 11.2. The zero-order valence-corrected chi connectivity index (χ0v) is 19.5. The first-order chi connectivity index (χ1) is 16.3. The number of nitrogens with zero attached hydrogens (tertiary/aromatic N) is 1. The molecule has 7 nitrogen and oxygen atoms in total. The molecule has 0 fully saturated rings. The van der Waals surface area contributed by atoms with Crippen LogP contribution in [-0.2, 0) is 22.7 Å². The van der Waals surface area contributed by atoms with Gasteiger partial charge in [0.2, 0.25) is 0 Å². The predicted molar refractivity (Wildman–Crippen MR) is 136 cm³/mol. The normalized spacial score (nSPS) is 10.7. The molecule has 0 aliphatic carbocycles. The lowest BCUT2D eigenvalue weighted by atomic mass is 10.0. The molecule has 2 amide bonds. The highest BCUT2D eigenvalue weighted by Gasteiger charge is 2.23. The van der Waals surface area contributed by atoms with Crippen molar-refractivity contribution in [3.63, 3.8) is 0 Å². The molecule has 0 aliphatic heterocycles. The van der Waals surface area contributed by atoms with Crippen molar-refractivity contribution in [1.29, 1.82) is 5.41 Å². The summed E-state index contributed by atoms with van der Waals surface area (Å²) < 4.78 is 0. The highest BCUT2D eigenvalue weighted by atomic mass is 16.2. The van der Waals surface area contributed by atoms with Crippen molar-refractivity contribution in [1.82, 2.24) is 4.90 Å². The third-order valence-corrected chi connectivity index (χ3v) is 5.34. The fraction of sp³-hybridized carbons (Fsp3) is 0.222. The number of amides is 2. The summed E-state index contributed by atoms with van der Waals surface area (Å²) in [6.45, 7) is 5.15. The van der Waals surface area contributed by atoms with Gasteiger partial charge in [-0.05, 0) is 46.4 Å². The maximum absolute atomic E-state index is 13.0. The lowest BCUT2D eigenvalue weighted by Gasteiger charge is -2.24. The van der Waals surface area contributed by atoms with Gasteiger partial charge in [0.15, 0.2) is 0 Å². The van der Waals surface area contributed by atoms with E-state index in [-0.39, 0.29) is 18.3 Å². The van der Waals surface area contributed by atoms with Crippen molar-refractivity contribution in [3.8, 4) is 11.1 Å². The van der Waals surface area contributed by atoms with Crippen molar-refractivity contribution in [3.05, 3.63) is 89.5 Å². The monoisotopic (exact) mass is 457 g/mol. The third-order valence-electron chi connectivity index (χ3n) is 5.34. The van der Waals surface area contributed by atoms with E-state index in [1.807, 2.05) is 56.3 Å². The Kier molecular flexibility index (Phi) is 8.16. The van der Waals surface area contributed by atoms with Crippen molar-refractivity contribution >= 4 is 23.3 Å². The SMILES string of the molecule is CC(C)CN(Cc1cccc(C(=N)N)c1)C(=O)C(=O)Nc1ccc(-c2ccc(CN)cc2)cc1. The molecular weight excluding hydrogens is 426 g/mol. The summed E-state index contributed by atoms with van der Waals surface area (Å²) in [6, 6.07) is 22.5. The Morgan fingerprint density at radius 3 is 2.12 bits per heavy atom. The third kappa shape index (κ3) is 6.52. The van der Waals surface area contributed by atoms with Gasteiger partial charge >= 0.3 is 11.8 Å². The smallest absolute Gasteiger partial charge is 0.313 e. The summed E-state index contributed by atoms with van der Waals surface area (Å²) in [4.78, 5) is 27.3. The van der Waals surface area contributed by atoms with Gasteiger partial charge in [-0.2, -0.15) is 0 Å². The minimum absolute atomic E-state index is 0.0416. The number of carbonyl (C=O) groups excluding carboxylic acids is 2. The maximum Gasteiger partial charge on any atom is 0.313 e. The fourth-order valence-electron chi connectivity index (χ4n) is 3.63. The van der Waals surface area contributed by atoms with Crippen LogP contribution in [-0.4, -0.2) is 29.1 Å². The van der Waals surface area contributed by atoms with E-state index in [1.54, 1.807) is 30.3 Å². The number of rotatable bonds is 8. The molecule has 0 bridgehead atoms. The van der Waals surface area contributed by atoms with Crippen LogP contribution in [0.25, 0.3) is 11.1 Å². The summed E-state index contributed by atoms with van der Waals surface area (Å²) in [5.74, 6) is -1.16. The van der Waals surface area contributed by atoms with Gasteiger partial charge in [-0.3, -0.25) is 15.0 Å².